The fourth-order valence-electron chi connectivity index (χ4n) is 3.22. The number of allylic oxidation sites excluding steroid dienone is 1. The van der Waals surface area contributed by atoms with Crippen molar-refractivity contribution in [1.82, 2.24) is 0 Å². The minimum absolute atomic E-state index is 0.0212. The molecule has 1 N–H and O–H groups in total. The number of hydrogen-bond acceptors (Lipinski definition) is 6. The van der Waals surface area contributed by atoms with E-state index < -0.39 is 0 Å². The summed E-state index contributed by atoms with van der Waals surface area (Å²) in [4.78, 5) is 29.0. The Labute approximate surface area is 173 Å². The molecule has 0 aliphatic carbocycles. The Hall–Kier alpha value is -3.06. The fourth-order valence-corrected chi connectivity index (χ4v) is 4.46. The number of nitrogens with zero attached hydrogens (tertiary/aromatic N) is 1. The summed E-state index contributed by atoms with van der Waals surface area (Å²) in [6.07, 6.45) is 2.73. The van der Waals surface area contributed by atoms with E-state index in [4.69, 9.17) is 14.5 Å². The summed E-state index contributed by atoms with van der Waals surface area (Å²) in [6, 6.07) is 15.8. The quantitative estimate of drug-likeness (QED) is 0.754. The molecular formula is C22H20N2O4S. The van der Waals surface area contributed by atoms with Gasteiger partial charge in [0.15, 0.2) is 6.61 Å². The minimum atomic E-state index is -0.233. The smallest absolute Gasteiger partial charge is 0.305 e. The molecule has 2 aromatic carbocycles. The first kappa shape index (κ1) is 19.3. The van der Waals surface area contributed by atoms with Crippen LogP contribution >= 0.6 is 11.8 Å². The normalized spacial score (nSPS) is 18.0. The fraction of sp³-hybridized carbons (Fsp3) is 0.227. The molecular weight excluding hydrogens is 388 g/mol. The van der Waals surface area contributed by atoms with E-state index in [0.29, 0.717) is 24.3 Å². The maximum atomic E-state index is 11.7. The van der Waals surface area contributed by atoms with Gasteiger partial charge in [0.2, 0.25) is 0 Å². The first-order valence-corrected chi connectivity index (χ1v) is 10.1. The third kappa shape index (κ3) is 4.35. The van der Waals surface area contributed by atoms with Crippen molar-refractivity contribution in [3.05, 3.63) is 70.8 Å². The van der Waals surface area contributed by atoms with E-state index in [2.05, 4.69) is 17.4 Å². The van der Waals surface area contributed by atoms with Crippen LogP contribution in [-0.4, -0.2) is 31.3 Å². The first-order valence-electron chi connectivity index (χ1n) is 9.26. The number of ether oxygens (including phenoxy) is 2. The van der Waals surface area contributed by atoms with Gasteiger partial charge in [-0.1, -0.05) is 30.3 Å². The number of aliphatic imine (C=N–C) groups is 1. The van der Waals surface area contributed by atoms with E-state index >= 15 is 0 Å². The second kappa shape index (κ2) is 8.53. The highest BCUT2D eigenvalue weighted by Gasteiger charge is 2.27. The zero-order valence-electron chi connectivity index (χ0n) is 15.9. The van der Waals surface area contributed by atoms with Gasteiger partial charge in [-0.25, -0.2) is 0 Å². The Bertz CT molecular complexity index is 1000. The summed E-state index contributed by atoms with van der Waals surface area (Å²) < 4.78 is 10.2. The molecule has 148 valence electrons. The third-order valence-electron chi connectivity index (χ3n) is 4.68. The largest absolute Gasteiger partial charge is 0.482 e. The molecule has 6 nitrogen and oxygen atoms in total. The number of nitrogens with one attached hydrogen (secondary N) is 1. The summed E-state index contributed by atoms with van der Waals surface area (Å²) in [5.74, 6) is 0.255. The monoisotopic (exact) mass is 408 g/mol. The number of fused-ring (bicyclic) bond motifs is 1. The van der Waals surface area contributed by atoms with Gasteiger partial charge in [-0.2, -0.15) is 0 Å². The number of methoxy groups -OCH3 is 1. The van der Waals surface area contributed by atoms with Crippen molar-refractivity contribution in [1.29, 1.82) is 0 Å². The van der Waals surface area contributed by atoms with Crippen LogP contribution in [0.5, 0.6) is 5.75 Å². The van der Waals surface area contributed by atoms with Gasteiger partial charge in [-0.3, -0.25) is 14.6 Å². The summed E-state index contributed by atoms with van der Waals surface area (Å²) in [7, 11) is 1.40. The van der Waals surface area contributed by atoms with Crippen molar-refractivity contribution in [3.63, 3.8) is 0 Å². The molecule has 1 amide bonds. The molecule has 7 heteroatoms. The molecule has 2 aromatic rings. The van der Waals surface area contributed by atoms with Gasteiger partial charge in [0, 0.05) is 11.1 Å². The standard InChI is InChI=1S/C22H20N2O4S/c1-27-20(26)10-8-16-12-23-21(22(29-16)14-5-3-2-4-6-14)15-7-9-18-17(11-15)24-19(25)13-28-18/h2-7,9,11-12,22H,8,10,13H2,1H3,(H,24,25). The highest BCUT2D eigenvalue weighted by molar-refractivity contribution is 8.04. The average Bonchev–Trinajstić information content (AvgIpc) is 2.77. The number of esters is 1. The summed E-state index contributed by atoms with van der Waals surface area (Å²) in [5.41, 5.74) is 3.58. The Morgan fingerprint density at radius 3 is 2.90 bits per heavy atom. The molecule has 0 bridgehead atoms. The number of amides is 1. The summed E-state index contributed by atoms with van der Waals surface area (Å²) in [5, 5.41) is 2.83. The summed E-state index contributed by atoms with van der Waals surface area (Å²) in [6.45, 7) is 0.0298. The molecule has 2 aliphatic rings. The van der Waals surface area contributed by atoms with Crippen LogP contribution in [0.2, 0.25) is 0 Å². The van der Waals surface area contributed by atoms with Gasteiger partial charge < -0.3 is 14.8 Å². The molecule has 29 heavy (non-hydrogen) atoms. The number of hydrogen-bond donors (Lipinski definition) is 1. The predicted octanol–water partition coefficient (Wildman–Crippen LogP) is 4.09. The first-order chi connectivity index (χ1) is 14.1. The van der Waals surface area contributed by atoms with Crippen molar-refractivity contribution in [2.24, 2.45) is 4.99 Å². The van der Waals surface area contributed by atoms with E-state index in [1.807, 2.05) is 42.6 Å². The van der Waals surface area contributed by atoms with Crippen LogP contribution in [0.3, 0.4) is 0 Å². The third-order valence-corrected chi connectivity index (χ3v) is 6.02. The lowest BCUT2D eigenvalue weighted by atomic mass is 10.00. The predicted molar refractivity (Wildman–Crippen MR) is 113 cm³/mol. The lowest BCUT2D eigenvalue weighted by Gasteiger charge is -2.25. The molecule has 1 atom stereocenters. The van der Waals surface area contributed by atoms with Gasteiger partial charge in [-0.15, -0.1) is 11.8 Å². The van der Waals surface area contributed by atoms with Crippen molar-refractivity contribution in [2.45, 2.75) is 18.1 Å². The maximum Gasteiger partial charge on any atom is 0.305 e. The second-order valence-electron chi connectivity index (χ2n) is 6.64. The molecule has 2 aliphatic heterocycles. The van der Waals surface area contributed by atoms with E-state index in [1.54, 1.807) is 11.8 Å². The van der Waals surface area contributed by atoms with Crippen molar-refractivity contribution in [3.8, 4) is 5.75 Å². The number of anilines is 1. The molecule has 0 fully saturated rings. The highest BCUT2D eigenvalue weighted by Crippen LogP contribution is 2.43. The van der Waals surface area contributed by atoms with Crippen LogP contribution in [0.4, 0.5) is 5.69 Å². The van der Waals surface area contributed by atoms with Gasteiger partial charge in [-0.05, 0) is 35.7 Å². The number of benzene rings is 2. The Kier molecular flexibility index (Phi) is 5.67. The van der Waals surface area contributed by atoms with Gasteiger partial charge in [0.05, 0.1) is 30.2 Å². The molecule has 0 saturated carbocycles. The van der Waals surface area contributed by atoms with Crippen molar-refractivity contribution >= 4 is 35.0 Å². The number of rotatable bonds is 5. The van der Waals surface area contributed by atoms with Crippen LogP contribution in [0.15, 0.2) is 64.6 Å². The minimum Gasteiger partial charge on any atom is -0.482 e. The average molecular weight is 408 g/mol. The SMILES string of the molecule is COC(=O)CCC1=CN=C(c2ccc3c(c2)NC(=O)CO3)C(c2ccccc2)S1. The molecule has 2 heterocycles. The van der Waals surface area contributed by atoms with Gasteiger partial charge in [0.25, 0.3) is 5.91 Å². The number of thioether (sulfide) groups is 1. The maximum absolute atomic E-state index is 11.7. The van der Waals surface area contributed by atoms with Crippen molar-refractivity contribution in [2.75, 3.05) is 19.0 Å². The molecule has 0 saturated heterocycles. The highest BCUT2D eigenvalue weighted by atomic mass is 32.2. The Morgan fingerprint density at radius 2 is 2.10 bits per heavy atom. The van der Waals surface area contributed by atoms with Crippen LogP contribution in [0.1, 0.15) is 29.2 Å². The summed E-state index contributed by atoms with van der Waals surface area (Å²) >= 11 is 1.68. The topological polar surface area (TPSA) is 77.0 Å². The van der Waals surface area contributed by atoms with Crippen LogP contribution in [-0.2, 0) is 14.3 Å². The molecule has 0 spiro atoms. The van der Waals surface area contributed by atoms with Gasteiger partial charge >= 0.3 is 5.97 Å². The molecule has 0 radical (unpaired) electrons. The van der Waals surface area contributed by atoms with E-state index in [1.165, 1.54) is 7.11 Å². The molecule has 0 aromatic heterocycles. The van der Waals surface area contributed by atoms with E-state index in [-0.39, 0.29) is 23.7 Å². The lowest BCUT2D eigenvalue weighted by molar-refractivity contribution is -0.140. The van der Waals surface area contributed by atoms with Crippen LogP contribution in [0, 0.1) is 0 Å². The van der Waals surface area contributed by atoms with Crippen LogP contribution in [0.25, 0.3) is 0 Å². The zero-order valence-corrected chi connectivity index (χ0v) is 16.7. The van der Waals surface area contributed by atoms with Crippen molar-refractivity contribution < 1.29 is 19.1 Å². The Morgan fingerprint density at radius 1 is 1.28 bits per heavy atom. The molecule has 4 rings (SSSR count). The van der Waals surface area contributed by atoms with E-state index in [0.717, 1.165) is 21.7 Å². The van der Waals surface area contributed by atoms with E-state index in [9.17, 15) is 9.59 Å². The van der Waals surface area contributed by atoms with Crippen LogP contribution < -0.4 is 10.1 Å². The number of carbonyl (C=O) groups excluding carboxylic acids is 2. The second-order valence-corrected chi connectivity index (χ2v) is 7.87. The van der Waals surface area contributed by atoms with Gasteiger partial charge in [0.1, 0.15) is 5.75 Å². The Balaban J connectivity index is 1.67. The zero-order chi connectivity index (χ0) is 20.2. The lowest BCUT2D eigenvalue weighted by Crippen LogP contribution is -2.25. The molecule has 1 unspecified atom stereocenters. The number of carbonyl (C=O) groups is 2.